The third-order valence-corrected chi connectivity index (χ3v) is 4.95. The van der Waals surface area contributed by atoms with Gasteiger partial charge in [-0.3, -0.25) is 0 Å². The van der Waals surface area contributed by atoms with E-state index < -0.39 is 0 Å². The topological polar surface area (TPSA) is 0 Å². The molecule has 0 fully saturated rings. The lowest BCUT2D eigenvalue weighted by Gasteiger charge is -2.31. The Balaban J connectivity index is 2.08. The van der Waals surface area contributed by atoms with Crippen molar-refractivity contribution in [3.8, 4) is 0 Å². The van der Waals surface area contributed by atoms with Crippen LogP contribution in [0.1, 0.15) is 13.8 Å². The first-order valence-electron chi connectivity index (χ1n) is 8.94. The zero-order chi connectivity index (χ0) is 18.6. The average Bonchev–Trinajstić information content (AvgIpc) is 2.85. The monoisotopic (exact) mass is 334 g/mol. The van der Waals surface area contributed by atoms with Gasteiger partial charge in [-0.25, -0.2) is 0 Å². The molecule has 25 heavy (non-hydrogen) atoms. The van der Waals surface area contributed by atoms with Gasteiger partial charge in [0.2, 0.25) is 0 Å². The van der Waals surface area contributed by atoms with Gasteiger partial charge in [-0.05, 0) is 13.8 Å². The van der Waals surface area contributed by atoms with E-state index >= 15 is 0 Å². The largest absolute Gasteiger partial charge is 0.321 e. The van der Waals surface area contributed by atoms with Crippen LogP contribution in [-0.2, 0) is 0 Å². The van der Waals surface area contributed by atoms with Gasteiger partial charge in [0.1, 0.15) is 13.1 Å². The number of hydrogen-bond donors (Lipinski definition) is 0. The Kier molecular flexibility index (Phi) is 5.69. The lowest BCUT2D eigenvalue weighted by Crippen LogP contribution is -2.42. The highest BCUT2D eigenvalue weighted by molar-refractivity contribution is 5.35. The fraction of sp³-hybridized carbons (Fsp3) is 0.333. The summed E-state index contributed by atoms with van der Waals surface area (Å²) in [5.74, 6) is 0. The highest BCUT2D eigenvalue weighted by Crippen LogP contribution is 2.27. The lowest BCUT2D eigenvalue weighted by molar-refractivity contribution is -0.880. The molecule has 132 valence electrons. The quantitative estimate of drug-likeness (QED) is 0.441. The molecule has 0 amide bonds. The number of quaternary nitrogens is 1. The maximum atomic E-state index is 3.94. The summed E-state index contributed by atoms with van der Waals surface area (Å²) in [5, 5.41) is 0. The van der Waals surface area contributed by atoms with E-state index in [4.69, 9.17) is 0 Å². The van der Waals surface area contributed by atoms with E-state index in [0.29, 0.717) is 0 Å². The van der Waals surface area contributed by atoms with Crippen molar-refractivity contribution in [3.63, 3.8) is 0 Å². The minimum Gasteiger partial charge on any atom is -0.321 e. The molecule has 0 aromatic rings. The zero-order valence-corrected chi connectivity index (χ0v) is 16.2. The van der Waals surface area contributed by atoms with Crippen molar-refractivity contribution < 1.29 is 4.48 Å². The first-order valence-corrected chi connectivity index (χ1v) is 8.94. The summed E-state index contributed by atoms with van der Waals surface area (Å²) in [6, 6.07) is 0. The first kappa shape index (κ1) is 19.2. The van der Waals surface area contributed by atoms with Gasteiger partial charge in [0.25, 0.3) is 0 Å². The van der Waals surface area contributed by atoms with Crippen molar-refractivity contribution in [1.29, 1.82) is 0 Å². The van der Waals surface area contributed by atoms with E-state index in [-0.39, 0.29) is 10.8 Å². The maximum absolute atomic E-state index is 3.94. The number of nitrogens with zero attached hydrogens (tertiary/aromatic N) is 1. The molecule has 0 aromatic heterocycles. The molecule has 0 N–H and O–H groups in total. The maximum Gasteiger partial charge on any atom is 0.104 e. The second-order valence-electron chi connectivity index (χ2n) is 8.26. The molecule has 2 unspecified atom stereocenters. The predicted octanol–water partition coefficient (Wildman–Crippen LogP) is 5.55. The molecule has 1 heteroatoms. The highest BCUT2D eigenvalue weighted by atomic mass is 15.3. The van der Waals surface area contributed by atoms with Crippen LogP contribution in [0.3, 0.4) is 0 Å². The number of rotatable bonds is 6. The number of likely N-dealkylation sites (N-methyl/N-ethyl adjacent to an activating group) is 1. The molecule has 0 aromatic carbocycles. The molecule has 1 nitrogen and oxygen atoms in total. The molecule has 0 heterocycles. The van der Waals surface area contributed by atoms with Gasteiger partial charge >= 0.3 is 0 Å². The fourth-order valence-corrected chi connectivity index (χ4v) is 3.08. The van der Waals surface area contributed by atoms with E-state index in [9.17, 15) is 0 Å². The Hall–Kier alpha value is -2.12. The van der Waals surface area contributed by atoms with Crippen LogP contribution in [0.15, 0.2) is 97.2 Å². The van der Waals surface area contributed by atoms with E-state index in [0.717, 1.165) is 17.6 Å². The van der Waals surface area contributed by atoms with Gasteiger partial charge < -0.3 is 4.48 Å². The summed E-state index contributed by atoms with van der Waals surface area (Å²) in [7, 11) is 4.57. The van der Waals surface area contributed by atoms with E-state index in [1.54, 1.807) is 0 Å². The minimum absolute atomic E-state index is 0.0537. The molecule has 0 spiro atoms. The molecule has 0 saturated heterocycles. The summed E-state index contributed by atoms with van der Waals surface area (Å²) >= 11 is 0. The SMILES string of the molecule is C=CC1(C)C=CC=C(C[N+](C)(C)CC2=CC=CC(C)(C=C)C=C2)C=C1. The van der Waals surface area contributed by atoms with Crippen LogP contribution in [-0.4, -0.2) is 31.7 Å². The third kappa shape index (κ3) is 5.44. The van der Waals surface area contributed by atoms with Crippen LogP contribution in [0, 0.1) is 10.8 Å². The third-order valence-electron chi connectivity index (χ3n) is 4.95. The summed E-state index contributed by atoms with van der Waals surface area (Å²) in [5.41, 5.74) is 2.58. The highest BCUT2D eigenvalue weighted by Gasteiger charge is 2.21. The Bertz CT molecular complexity index is 648. The van der Waals surface area contributed by atoms with Crippen molar-refractivity contribution in [2.75, 3.05) is 27.2 Å². The smallest absolute Gasteiger partial charge is 0.104 e. The van der Waals surface area contributed by atoms with Crippen molar-refractivity contribution in [1.82, 2.24) is 0 Å². The van der Waals surface area contributed by atoms with Crippen molar-refractivity contribution in [3.05, 3.63) is 97.2 Å². The van der Waals surface area contributed by atoms with Crippen molar-refractivity contribution in [2.45, 2.75) is 13.8 Å². The van der Waals surface area contributed by atoms with Crippen LogP contribution in [0.4, 0.5) is 0 Å². The van der Waals surface area contributed by atoms with Gasteiger partial charge in [0.15, 0.2) is 0 Å². The Morgan fingerprint density at radius 1 is 0.800 bits per heavy atom. The second kappa shape index (κ2) is 7.41. The fourth-order valence-electron chi connectivity index (χ4n) is 3.08. The molecule has 0 bridgehead atoms. The standard InChI is InChI=1S/C24H32N/c1-7-23(3)15-9-11-21(13-17-23)19-25(5,6)20-22-12-10-16-24(4,8-2)18-14-22/h7-18H,1-2,19-20H2,3-6H3/q+1. The average molecular weight is 335 g/mol. The Morgan fingerprint density at radius 3 is 1.56 bits per heavy atom. The van der Waals surface area contributed by atoms with Crippen molar-refractivity contribution >= 4 is 0 Å². The van der Waals surface area contributed by atoms with Crippen LogP contribution in [0.2, 0.25) is 0 Å². The first-order chi connectivity index (χ1) is 11.7. The molecule has 2 atom stereocenters. The van der Waals surface area contributed by atoms with Crippen LogP contribution >= 0.6 is 0 Å². The summed E-state index contributed by atoms with van der Waals surface area (Å²) in [6.45, 7) is 14.2. The van der Waals surface area contributed by atoms with Gasteiger partial charge in [0, 0.05) is 22.0 Å². The predicted molar refractivity (Wildman–Crippen MR) is 111 cm³/mol. The molecular weight excluding hydrogens is 302 g/mol. The summed E-state index contributed by atoms with van der Waals surface area (Å²) in [4.78, 5) is 0. The molecule has 2 aliphatic carbocycles. The van der Waals surface area contributed by atoms with Gasteiger partial charge in [-0.1, -0.05) is 72.9 Å². The van der Waals surface area contributed by atoms with Gasteiger partial charge in [0.05, 0.1) is 14.1 Å². The zero-order valence-electron chi connectivity index (χ0n) is 16.2. The van der Waals surface area contributed by atoms with Crippen molar-refractivity contribution in [2.24, 2.45) is 10.8 Å². The molecule has 0 saturated carbocycles. The van der Waals surface area contributed by atoms with Crippen LogP contribution in [0.25, 0.3) is 0 Å². The normalized spacial score (nSPS) is 28.8. The molecule has 0 aliphatic heterocycles. The minimum atomic E-state index is -0.0537. The van der Waals surface area contributed by atoms with Crippen LogP contribution in [0.5, 0.6) is 0 Å². The second-order valence-corrected chi connectivity index (χ2v) is 8.26. The van der Waals surface area contributed by atoms with E-state index in [2.05, 4.69) is 102 Å². The van der Waals surface area contributed by atoms with Crippen LogP contribution < -0.4 is 0 Å². The molecule has 2 aliphatic rings. The Labute approximate surface area is 154 Å². The van der Waals surface area contributed by atoms with E-state index in [1.807, 2.05) is 12.2 Å². The Morgan fingerprint density at radius 2 is 1.20 bits per heavy atom. The molecular formula is C24H32N+. The number of hydrogen-bond acceptors (Lipinski definition) is 0. The lowest BCUT2D eigenvalue weighted by atomic mass is 9.90. The summed E-state index contributed by atoms with van der Waals surface area (Å²) < 4.78 is 0.906. The summed E-state index contributed by atoms with van der Waals surface area (Å²) in [6.07, 6.45) is 26.1. The molecule has 2 rings (SSSR count). The van der Waals surface area contributed by atoms with Gasteiger partial charge in [-0.15, -0.1) is 13.2 Å². The van der Waals surface area contributed by atoms with Gasteiger partial charge in [-0.2, -0.15) is 0 Å². The molecule has 0 radical (unpaired) electrons. The van der Waals surface area contributed by atoms with E-state index in [1.165, 1.54) is 11.1 Å². The number of allylic oxidation sites excluding steroid dienone is 10.